The summed E-state index contributed by atoms with van der Waals surface area (Å²) < 4.78 is 5.99. The van der Waals surface area contributed by atoms with Crippen molar-refractivity contribution >= 4 is 27.5 Å². The molecule has 3 nitrogen and oxygen atoms in total. The van der Waals surface area contributed by atoms with E-state index in [2.05, 4.69) is 25.9 Å². The van der Waals surface area contributed by atoms with Gasteiger partial charge in [-0.2, -0.15) is 0 Å². The third kappa shape index (κ3) is 2.65. The van der Waals surface area contributed by atoms with Gasteiger partial charge in [0.1, 0.15) is 11.3 Å². The van der Waals surface area contributed by atoms with Gasteiger partial charge in [-0.1, -0.05) is 25.4 Å². The van der Waals surface area contributed by atoms with Crippen LogP contribution in [0.3, 0.4) is 0 Å². The quantitative estimate of drug-likeness (QED) is 0.797. The van der Waals surface area contributed by atoms with Crippen LogP contribution in [0.4, 0.5) is 0 Å². The van der Waals surface area contributed by atoms with E-state index in [4.69, 9.17) is 16.3 Å². The summed E-state index contributed by atoms with van der Waals surface area (Å²) >= 11 is 9.11. The Morgan fingerprint density at radius 2 is 2.14 bits per heavy atom. The van der Waals surface area contributed by atoms with Crippen LogP contribution in [0.15, 0.2) is 10.7 Å². The summed E-state index contributed by atoms with van der Waals surface area (Å²) in [5, 5.41) is 0.415. The fourth-order valence-corrected chi connectivity index (χ4v) is 1.50. The number of ether oxygens (including phenoxy) is 1. The van der Waals surface area contributed by atoms with Crippen molar-refractivity contribution in [3.05, 3.63) is 21.6 Å². The number of methoxy groups -OCH3 is 1. The summed E-state index contributed by atoms with van der Waals surface area (Å²) in [6.07, 6.45) is 1.53. The molecule has 0 aliphatic heterocycles. The minimum atomic E-state index is -0.111. The lowest BCUT2D eigenvalue weighted by atomic mass is 10.1. The molecular formula is C9H12BrClN2O. The summed E-state index contributed by atoms with van der Waals surface area (Å²) in [5.74, 6) is 0.938. The Hall–Kier alpha value is -0.190. The largest absolute Gasteiger partial charge is 0.373 e. The first kappa shape index (κ1) is 11.9. The summed E-state index contributed by atoms with van der Waals surface area (Å²) in [7, 11) is 1.64. The molecule has 1 rings (SSSR count). The molecule has 14 heavy (non-hydrogen) atoms. The summed E-state index contributed by atoms with van der Waals surface area (Å²) in [6, 6.07) is 0. The van der Waals surface area contributed by atoms with Crippen LogP contribution in [-0.4, -0.2) is 17.1 Å². The molecule has 0 aromatic carbocycles. The van der Waals surface area contributed by atoms with E-state index in [0.29, 0.717) is 21.4 Å². The maximum atomic E-state index is 5.87. The molecule has 0 saturated carbocycles. The van der Waals surface area contributed by atoms with E-state index in [1.807, 2.05) is 13.8 Å². The third-order valence-electron chi connectivity index (χ3n) is 1.83. The highest BCUT2D eigenvalue weighted by Gasteiger charge is 2.18. The van der Waals surface area contributed by atoms with Crippen LogP contribution < -0.4 is 0 Å². The molecule has 78 valence electrons. The summed E-state index contributed by atoms with van der Waals surface area (Å²) in [4.78, 5) is 8.31. The van der Waals surface area contributed by atoms with Crippen LogP contribution in [0.2, 0.25) is 5.15 Å². The number of hydrogen-bond acceptors (Lipinski definition) is 3. The van der Waals surface area contributed by atoms with Gasteiger partial charge in [0.05, 0.1) is 4.47 Å². The second-order valence-electron chi connectivity index (χ2n) is 3.27. The molecule has 0 N–H and O–H groups in total. The van der Waals surface area contributed by atoms with Gasteiger partial charge in [0.25, 0.3) is 0 Å². The van der Waals surface area contributed by atoms with Crippen LogP contribution in [-0.2, 0) is 4.74 Å². The van der Waals surface area contributed by atoms with Crippen LogP contribution in [0.25, 0.3) is 0 Å². The third-order valence-corrected chi connectivity index (χ3v) is 2.93. The summed E-state index contributed by atoms with van der Waals surface area (Å²) in [5.41, 5.74) is 0. The van der Waals surface area contributed by atoms with Crippen molar-refractivity contribution in [2.45, 2.75) is 20.0 Å². The molecule has 0 bridgehead atoms. The molecule has 0 aliphatic carbocycles. The van der Waals surface area contributed by atoms with E-state index in [-0.39, 0.29) is 6.10 Å². The molecule has 1 aromatic heterocycles. The lowest BCUT2D eigenvalue weighted by Gasteiger charge is -2.17. The molecule has 0 spiro atoms. The van der Waals surface area contributed by atoms with Gasteiger partial charge in [-0.15, -0.1) is 0 Å². The molecule has 0 fully saturated rings. The lowest BCUT2D eigenvalue weighted by molar-refractivity contribution is 0.0574. The van der Waals surface area contributed by atoms with Crippen LogP contribution in [0.1, 0.15) is 25.8 Å². The van der Waals surface area contributed by atoms with Crippen molar-refractivity contribution in [2.75, 3.05) is 7.11 Å². The Kier molecular flexibility index (Phi) is 4.29. The fourth-order valence-electron chi connectivity index (χ4n) is 1.17. The molecule has 1 unspecified atom stereocenters. The van der Waals surface area contributed by atoms with Crippen molar-refractivity contribution in [2.24, 2.45) is 5.92 Å². The van der Waals surface area contributed by atoms with E-state index < -0.39 is 0 Å². The maximum absolute atomic E-state index is 5.87. The number of rotatable bonds is 3. The van der Waals surface area contributed by atoms with Gasteiger partial charge in [0.15, 0.2) is 5.82 Å². The number of nitrogens with zero attached hydrogens (tertiary/aromatic N) is 2. The average molecular weight is 280 g/mol. The van der Waals surface area contributed by atoms with Crippen LogP contribution in [0.5, 0.6) is 0 Å². The molecule has 1 atom stereocenters. The number of hydrogen-bond donors (Lipinski definition) is 0. The zero-order chi connectivity index (χ0) is 10.7. The van der Waals surface area contributed by atoms with Gasteiger partial charge in [-0.3, -0.25) is 0 Å². The first-order valence-electron chi connectivity index (χ1n) is 4.27. The van der Waals surface area contributed by atoms with E-state index in [1.54, 1.807) is 13.3 Å². The number of halogens is 2. The van der Waals surface area contributed by atoms with E-state index in [0.717, 1.165) is 0 Å². The fraction of sp³-hybridized carbons (Fsp3) is 0.556. The highest BCUT2D eigenvalue weighted by Crippen LogP contribution is 2.25. The molecule has 1 heterocycles. The Morgan fingerprint density at radius 1 is 1.50 bits per heavy atom. The van der Waals surface area contributed by atoms with E-state index >= 15 is 0 Å². The van der Waals surface area contributed by atoms with Crippen molar-refractivity contribution in [1.29, 1.82) is 0 Å². The second-order valence-corrected chi connectivity index (χ2v) is 4.48. The first-order chi connectivity index (χ1) is 6.56. The van der Waals surface area contributed by atoms with Gasteiger partial charge in [-0.05, 0) is 21.8 Å². The van der Waals surface area contributed by atoms with Gasteiger partial charge >= 0.3 is 0 Å². The smallest absolute Gasteiger partial charge is 0.159 e. The predicted molar refractivity (Wildman–Crippen MR) is 59.3 cm³/mol. The van der Waals surface area contributed by atoms with Crippen molar-refractivity contribution in [1.82, 2.24) is 9.97 Å². The molecule has 5 heteroatoms. The zero-order valence-electron chi connectivity index (χ0n) is 8.29. The van der Waals surface area contributed by atoms with E-state index in [9.17, 15) is 0 Å². The Bertz CT molecular complexity index is 320. The SMILES string of the molecule is COC(c1ncc(Br)c(Cl)n1)C(C)C. The second kappa shape index (κ2) is 5.05. The zero-order valence-corrected chi connectivity index (χ0v) is 10.6. The lowest BCUT2D eigenvalue weighted by Crippen LogP contribution is -2.12. The highest BCUT2D eigenvalue weighted by atomic mass is 79.9. The minimum Gasteiger partial charge on any atom is -0.373 e. The topological polar surface area (TPSA) is 35.0 Å². The van der Waals surface area contributed by atoms with Crippen LogP contribution >= 0.6 is 27.5 Å². The normalized spacial score (nSPS) is 13.3. The Labute approximate surface area is 97.0 Å². The Morgan fingerprint density at radius 3 is 2.57 bits per heavy atom. The van der Waals surface area contributed by atoms with Gasteiger partial charge in [-0.25, -0.2) is 9.97 Å². The van der Waals surface area contributed by atoms with E-state index in [1.165, 1.54) is 0 Å². The predicted octanol–water partition coefficient (Wildman–Crippen LogP) is 3.24. The van der Waals surface area contributed by atoms with Crippen molar-refractivity contribution < 1.29 is 4.74 Å². The standard InChI is InChI=1S/C9H12BrClN2O/c1-5(2)7(14-3)9-12-4-6(10)8(11)13-9/h4-5,7H,1-3H3. The molecular weight excluding hydrogens is 267 g/mol. The molecule has 0 amide bonds. The molecule has 0 radical (unpaired) electrons. The molecule has 1 aromatic rings. The average Bonchev–Trinajstić information content (AvgIpc) is 2.11. The van der Waals surface area contributed by atoms with Gasteiger partial charge in [0, 0.05) is 13.3 Å². The highest BCUT2D eigenvalue weighted by molar-refractivity contribution is 9.10. The van der Waals surface area contributed by atoms with Crippen molar-refractivity contribution in [3.63, 3.8) is 0 Å². The van der Waals surface area contributed by atoms with Crippen molar-refractivity contribution in [3.8, 4) is 0 Å². The monoisotopic (exact) mass is 278 g/mol. The van der Waals surface area contributed by atoms with Gasteiger partial charge < -0.3 is 4.74 Å². The maximum Gasteiger partial charge on any atom is 0.159 e. The van der Waals surface area contributed by atoms with Gasteiger partial charge in [0.2, 0.25) is 0 Å². The number of aromatic nitrogens is 2. The molecule has 0 aliphatic rings. The minimum absolute atomic E-state index is 0.111. The van der Waals surface area contributed by atoms with Crippen LogP contribution in [0, 0.1) is 5.92 Å². The Balaban J connectivity index is 3.00. The first-order valence-corrected chi connectivity index (χ1v) is 5.44. The molecule has 0 saturated heterocycles. The summed E-state index contributed by atoms with van der Waals surface area (Å²) in [6.45, 7) is 4.10.